The van der Waals surface area contributed by atoms with Crippen LogP contribution >= 0.6 is 0 Å². The molecule has 4 nitrogen and oxygen atoms in total. The number of guanidine groups is 1. The summed E-state index contributed by atoms with van der Waals surface area (Å²) in [6.07, 6.45) is 9.31. The average Bonchev–Trinajstić information content (AvgIpc) is 2.60. The van der Waals surface area contributed by atoms with Crippen LogP contribution in [0, 0.1) is 0 Å². The minimum Gasteiger partial charge on any atom is -0.376 e. The summed E-state index contributed by atoms with van der Waals surface area (Å²) in [5.74, 6) is 0.538. The Morgan fingerprint density at radius 3 is 2.65 bits per heavy atom. The van der Waals surface area contributed by atoms with Crippen molar-refractivity contribution in [2.45, 2.75) is 58.0 Å². The summed E-state index contributed by atoms with van der Waals surface area (Å²) in [5, 5.41) is 3.08. The van der Waals surface area contributed by atoms with Gasteiger partial charge in [0.25, 0.3) is 0 Å². The lowest BCUT2D eigenvalue weighted by atomic mass is 10.1. The van der Waals surface area contributed by atoms with E-state index >= 15 is 0 Å². The van der Waals surface area contributed by atoms with Crippen molar-refractivity contribution in [1.29, 1.82) is 0 Å². The third-order valence-corrected chi connectivity index (χ3v) is 3.07. The van der Waals surface area contributed by atoms with E-state index in [0.29, 0.717) is 12.1 Å². The Bertz CT molecular complexity index is 211. The van der Waals surface area contributed by atoms with Gasteiger partial charge in [0, 0.05) is 13.1 Å². The Hall–Kier alpha value is -0.770. The Labute approximate surface area is 105 Å². The van der Waals surface area contributed by atoms with Gasteiger partial charge in [0.05, 0.1) is 12.7 Å². The first kappa shape index (κ1) is 14.3. The maximum atomic E-state index is 5.84. The molecular weight excluding hydrogens is 214 g/mol. The number of ether oxygens (including phenoxy) is 1. The van der Waals surface area contributed by atoms with E-state index in [2.05, 4.69) is 17.2 Å². The fourth-order valence-electron chi connectivity index (χ4n) is 2.10. The van der Waals surface area contributed by atoms with Gasteiger partial charge < -0.3 is 15.8 Å². The lowest BCUT2D eigenvalue weighted by molar-refractivity contribution is 0.0468. The minimum atomic E-state index is 0.466. The van der Waals surface area contributed by atoms with Crippen LogP contribution in [0.2, 0.25) is 0 Å². The van der Waals surface area contributed by atoms with E-state index in [9.17, 15) is 0 Å². The number of hydrogen-bond donors (Lipinski definition) is 2. The number of aliphatic imine (C=N–C) groups is 1. The second kappa shape index (κ2) is 9.28. The predicted molar refractivity (Wildman–Crippen MR) is 72.2 cm³/mol. The molecule has 0 unspecified atom stereocenters. The highest BCUT2D eigenvalue weighted by molar-refractivity contribution is 5.77. The molecular formula is C13H27N3O. The van der Waals surface area contributed by atoms with Crippen LogP contribution in [0.4, 0.5) is 0 Å². The summed E-state index contributed by atoms with van der Waals surface area (Å²) >= 11 is 0. The number of nitrogens with two attached hydrogens (primary N) is 1. The van der Waals surface area contributed by atoms with Crippen LogP contribution in [0.25, 0.3) is 0 Å². The van der Waals surface area contributed by atoms with Crippen molar-refractivity contribution in [2.75, 3.05) is 19.7 Å². The van der Waals surface area contributed by atoms with Crippen LogP contribution in [-0.2, 0) is 4.74 Å². The van der Waals surface area contributed by atoms with Crippen molar-refractivity contribution < 1.29 is 4.74 Å². The molecule has 1 rings (SSSR count). The van der Waals surface area contributed by atoms with Crippen molar-refractivity contribution in [3.8, 4) is 0 Å². The molecule has 0 aromatic rings. The van der Waals surface area contributed by atoms with E-state index in [1.54, 1.807) is 0 Å². The Morgan fingerprint density at radius 1 is 1.29 bits per heavy atom. The zero-order valence-corrected chi connectivity index (χ0v) is 11.1. The SMILES string of the molecule is CCCN=C(N)NCCOC1CCCCCC1. The molecule has 0 atom stereocenters. The second-order valence-electron chi connectivity index (χ2n) is 4.68. The minimum absolute atomic E-state index is 0.466. The van der Waals surface area contributed by atoms with Crippen molar-refractivity contribution >= 4 is 5.96 Å². The van der Waals surface area contributed by atoms with E-state index in [0.717, 1.165) is 26.1 Å². The van der Waals surface area contributed by atoms with Crippen LogP contribution in [0.3, 0.4) is 0 Å². The van der Waals surface area contributed by atoms with E-state index < -0.39 is 0 Å². The highest BCUT2D eigenvalue weighted by Crippen LogP contribution is 2.19. The zero-order valence-electron chi connectivity index (χ0n) is 11.1. The summed E-state index contributed by atoms with van der Waals surface area (Å²) < 4.78 is 5.84. The van der Waals surface area contributed by atoms with Gasteiger partial charge in [-0.3, -0.25) is 4.99 Å². The molecule has 0 aromatic carbocycles. The second-order valence-corrected chi connectivity index (χ2v) is 4.68. The smallest absolute Gasteiger partial charge is 0.188 e. The molecule has 1 aliphatic rings. The molecule has 0 spiro atoms. The molecule has 1 fully saturated rings. The maximum Gasteiger partial charge on any atom is 0.188 e. The van der Waals surface area contributed by atoms with Gasteiger partial charge in [-0.25, -0.2) is 0 Å². The van der Waals surface area contributed by atoms with Crippen molar-refractivity contribution in [3.63, 3.8) is 0 Å². The molecule has 0 radical (unpaired) electrons. The van der Waals surface area contributed by atoms with Gasteiger partial charge in [-0.2, -0.15) is 0 Å². The summed E-state index contributed by atoms with van der Waals surface area (Å²) in [6.45, 7) is 4.37. The van der Waals surface area contributed by atoms with Gasteiger partial charge in [-0.1, -0.05) is 32.6 Å². The van der Waals surface area contributed by atoms with E-state index in [1.807, 2.05) is 0 Å². The molecule has 0 amide bonds. The normalized spacial score (nSPS) is 19.0. The molecule has 0 aliphatic heterocycles. The van der Waals surface area contributed by atoms with E-state index in [-0.39, 0.29) is 0 Å². The van der Waals surface area contributed by atoms with Gasteiger partial charge in [-0.15, -0.1) is 0 Å². The van der Waals surface area contributed by atoms with Crippen LogP contribution in [0.5, 0.6) is 0 Å². The number of nitrogens with zero attached hydrogens (tertiary/aromatic N) is 1. The molecule has 1 saturated carbocycles. The monoisotopic (exact) mass is 241 g/mol. The summed E-state index contributed by atoms with van der Waals surface area (Å²) in [4.78, 5) is 4.17. The first-order valence-corrected chi connectivity index (χ1v) is 6.98. The highest BCUT2D eigenvalue weighted by atomic mass is 16.5. The molecule has 100 valence electrons. The van der Waals surface area contributed by atoms with E-state index in [4.69, 9.17) is 10.5 Å². The Balaban J connectivity index is 2.02. The molecule has 0 aromatic heterocycles. The van der Waals surface area contributed by atoms with Gasteiger partial charge in [-0.05, 0) is 19.3 Å². The topological polar surface area (TPSA) is 59.6 Å². The molecule has 0 heterocycles. The van der Waals surface area contributed by atoms with Crippen molar-refractivity contribution in [2.24, 2.45) is 10.7 Å². The van der Waals surface area contributed by atoms with E-state index in [1.165, 1.54) is 38.5 Å². The van der Waals surface area contributed by atoms with Crippen LogP contribution in [0.15, 0.2) is 4.99 Å². The highest BCUT2D eigenvalue weighted by Gasteiger charge is 2.11. The fraction of sp³-hybridized carbons (Fsp3) is 0.923. The summed E-state index contributed by atoms with van der Waals surface area (Å²) in [6, 6.07) is 0. The molecule has 3 N–H and O–H groups in total. The third kappa shape index (κ3) is 7.21. The van der Waals surface area contributed by atoms with Crippen molar-refractivity contribution in [1.82, 2.24) is 5.32 Å². The predicted octanol–water partition coefficient (Wildman–Crippen LogP) is 2.04. The van der Waals surface area contributed by atoms with Gasteiger partial charge in [0.15, 0.2) is 5.96 Å². The third-order valence-electron chi connectivity index (χ3n) is 3.07. The summed E-state index contributed by atoms with van der Waals surface area (Å²) in [5.41, 5.74) is 5.69. The molecule has 0 saturated heterocycles. The van der Waals surface area contributed by atoms with Crippen LogP contribution < -0.4 is 11.1 Å². The molecule has 4 heteroatoms. The van der Waals surface area contributed by atoms with Gasteiger partial charge in [0.2, 0.25) is 0 Å². The first-order chi connectivity index (χ1) is 8.33. The number of nitrogens with one attached hydrogen (secondary N) is 1. The fourth-order valence-corrected chi connectivity index (χ4v) is 2.10. The maximum absolute atomic E-state index is 5.84. The quantitative estimate of drug-likeness (QED) is 0.324. The standard InChI is InChI=1S/C13H27N3O/c1-2-9-15-13(14)16-10-11-17-12-7-5-3-4-6-8-12/h12H,2-11H2,1H3,(H3,14,15,16). The van der Waals surface area contributed by atoms with Gasteiger partial charge in [0.1, 0.15) is 0 Å². The van der Waals surface area contributed by atoms with Crippen molar-refractivity contribution in [3.05, 3.63) is 0 Å². The molecule has 17 heavy (non-hydrogen) atoms. The largest absolute Gasteiger partial charge is 0.376 e. The number of rotatable bonds is 6. The average molecular weight is 241 g/mol. The number of hydrogen-bond acceptors (Lipinski definition) is 2. The lowest BCUT2D eigenvalue weighted by Gasteiger charge is -2.15. The van der Waals surface area contributed by atoms with Gasteiger partial charge >= 0.3 is 0 Å². The molecule has 1 aliphatic carbocycles. The first-order valence-electron chi connectivity index (χ1n) is 6.98. The Kier molecular flexibility index (Phi) is 7.80. The Morgan fingerprint density at radius 2 is 2.00 bits per heavy atom. The zero-order chi connectivity index (χ0) is 12.3. The summed E-state index contributed by atoms with van der Waals surface area (Å²) in [7, 11) is 0. The van der Waals surface area contributed by atoms with Crippen LogP contribution in [0.1, 0.15) is 51.9 Å². The van der Waals surface area contributed by atoms with Crippen LogP contribution in [-0.4, -0.2) is 31.8 Å². The molecule has 0 bridgehead atoms. The lowest BCUT2D eigenvalue weighted by Crippen LogP contribution is -2.35.